The fraction of sp³-hybridized carbons (Fsp3) is 0.417. The molecule has 5 heteroatoms. The number of aromatic nitrogens is 2. The molecule has 2 aromatic rings. The van der Waals surface area contributed by atoms with Crippen LogP contribution in [0.1, 0.15) is 13.0 Å². The SMILES string of the molecule is CSC(CO)C(C)n1cnc2cc(N)ccc21. The zero-order chi connectivity index (χ0) is 12.4. The van der Waals surface area contributed by atoms with Gasteiger partial charge in [-0.2, -0.15) is 11.8 Å². The minimum absolute atomic E-state index is 0.164. The zero-order valence-corrected chi connectivity index (χ0v) is 10.8. The molecule has 0 aliphatic heterocycles. The predicted octanol–water partition coefficient (Wildman–Crippen LogP) is 1.90. The van der Waals surface area contributed by atoms with Gasteiger partial charge >= 0.3 is 0 Å². The number of rotatable bonds is 4. The second kappa shape index (κ2) is 4.98. The molecule has 0 bridgehead atoms. The summed E-state index contributed by atoms with van der Waals surface area (Å²) in [7, 11) is 0. The molecule has 2 unspecified atom stereocenters. The molecule has 0 spiro atoms. The highest BCUT2D eigenvalue weighted by Crippen LogP contribution is 2.26. The lowest BCUT2D eigenvalue weighted by molar-refractivity contribution is 0.271. The minimum atomic E-state index is 0.164. The van der Waals surface area contributed by atoms with Crippen LogP contribution in [0.3, 0.4) is 0 Å². The van der Waals surface area contributed by atoms with Crippen LogP contribution in [0, 0.1) is 0 Å². The molecule has 4 nitrogen and oxygen atoms in total. The summed E-state index contributed by atoms with van der Waals surface area (Å²) in [6, 6.07) is 5.91. The van der Waals surface area contributed by atoms with Crippen LogP contribution in [0.5, 0.6) is 0 Å². The maximum Gasteiger partial charge on any atom is 0.0961 e. The van der Waals surface area contributed by atoms with E-state index in [1.54, 1.807) is 11.8 Å². The van der Waals surface area contributed by atoms with E-state index in [-0.39, 0.29) is 17.9 Å². The van der Waals surface area contributed by atoms with Crippen molar-refractivity contribution in [3.05, 3.63) is 24.5 Å². The zero-order valence-electron chi connectivity index (χ0n) is 10.00. The standard InChI is InChI=1S/C12H17N3OS/c1-8(12(6-16)17-2)15-7-14-10-5-9(13)3-4-11(10)15/h3-5,7-8,12,16H,6,13H2,1-2H3. The number of fused-ring (bicyclic) bond motifs is 1. The van der Waals surface area contributed by atoms with Crippen LogP contribution in [-0.2, 0) is 0 Å². The molecule has 0 aliphatic carbocycles. The molecule has 3 N–H and O–H groups in total. The van der Waals surface area contributed by atoms with E-state index in [2.05, 4.69) is 16.5 Å². The van der Waals surface area contributed by atoms with Gasteiger partial charge in [-0.15, -0.1) is 0 Å². The third-order valence-electron chi connectivity index (χ3n) is 3.06. The topological polar surface area (TPSA) is 64.1 Å². The van der Waals surface area contributed by atoms with E-state index in [4.69, 9.17) is 5.73 Å². The summed E-state index contributed by atoms with van der Waals surface area (Å²) in [5, 5.41) is 9.51. The number of thioether (sulfide) groups is 1. The molecule has 0 saturated heterocycles. The molecular formula is C12H17N3OS. The van der Waals surface area contributed by atoms with E-state index >= 15 is 0 Å². The Labute approximate surface area is 105 Å². The van der Waals surface area contributed by atoms with Crippen LogP contribution >= 0.6 is 11.8 Å². The monoisotopic (exact) mass is 251 g/mol. The van der Waals surface area contributed by atoms with Crippen molar-refractivity contribution in [2.45, 2.75) is 18.2 Å². The molecule has 0 radical (unpaired) electrons. The Kier molecular flexibility index (Phi) is 3.59. The molecule has 0 fully saturated rings. The van der Waals surface area contributed by atoms with Gasteiger partial charge in [-0.1, -0.05) is 0 Å². The van der Waals surface area contributed by atoms with Crippen molar-refractivity contribution in [3.63, 3.8) is 0 Å². The second-order valence-corrected chi connectivity index (χ2v) is 5.17. The summed E-state index contributed by atoms with van der Waals surface area (Å²) in [6.07, 6.45) is 3.82. The van der Waals surface area contributed by atoms with E-state index in [1.807, 2.05) is 30.8 Å². The van der Waals surface area contributed by atoms with Crippen molar-refractivity contribution in [2.24, 2.45) is 0 Å². The van der Waals surface area contributed by atoms with Gasteiger partial charge in [-0.3, -0.25) is 0 Å². The van der Waals surface area contributed by atoms with Gasteiger partial charge in [0.25, 0.3) is 0 Å². The van der Waals surface area contributed by atoms with Crippen LogP contribution in [0.25, 0.3) is 11.0 Å². The summed E-state index contributed by atoms with van der Waals surface area (Å²) in [6.45, 7) is 2.26. The fourth-order valence-corrected chi connectivity index (χ4v) is 2.65. The highest BCUT2D eigenvalue weighted by Gasteiger charge is 2.18. The third-order valence-corrected chi connectivity index (χ3v) is 4.21. The van der Waals surface area contributed by atoms with Crippen molar-refractivity contribution in [1.29, 1.82) is 0 Å². The number of aliphatic hydroxyl groups excluding tert-OH is 1. The first kappa shape index (κ1) is 12.3. The molecule has 0 amide bonds. The molecule has 0 saturated carbocycles. The summed E-state index contributed by atoms with van der Waals surface area (Å²) in [5.74, 6) is 0. The number of aliphatic hydroxyl groups is 1. The molecular weight excluding hydrogens is 234 g/mol. The number of nitrogen functional groups attached to an aromatic ring is 1. The number of nitrogens with two attached hydrogens (primary N) is 1. The third kappa shape index (κ3) is 2.25. The summed E-state index contributed by atoms with van der Waals surface area (Å²) in [5.41, 5.74) is 8.40. The number of hydrogen-bond acceptors (Lipinski definition) is 4. The van der Waals surface area contributed by atoms with Gasteiger partial charge in [0.05, 0.1) is 24.0 Å². The number of imidazole rings is 1. The van der Waals surface area contributed by atoms with Crippen LogP contribution in [0.2, 0.25) is 0 Å². The van der Waals surface area contributed by atoms with E-state index < -0.39 is 0 Å². The molecule has 92 valence electrons. The first-order valence-electron chi connectivity index (χ1n) is 5.53. The Hall–Kier alpha value is -1.20. The van der Waals surface area contributed by atoms with E-state index in [1.165, 1.54) is 0 Å². The predicted molar refractivity (Wildman–Crippen MR) is 73.2 cm³/mol. The summed E-state index contributed by atoms with van der Waals surface area (Å²) in [4.78, 5) is 4.34. The van der Waals surface area contributed by atoms with Gasteiger partial charge in [-0.25, -0.2) is 4.98 Å². The van der Waals surface area contributed by atoms with E-state index in [0.717, 1.165) is 16.7 Å². The second-order valence-electron chi connectivity index (χ2n) is 4.10. The lowest BCUT2D eigenvalue weighted by Gasteiger charge is -2.22. The molecule has 1 aromatic carbocycles. The van der Waals surface area contributed by atoms with Crippen LogP contribution < -0.4 is 5.73 Å². The van der Waals surface area contributed by atoms with Crippen LogP contribution in [0.4, 0.5) is 5.69 Å². The molecule has 1 aromatic heterocycles. The first-order chi connectivity index (χ1) is 8.17. The summed E-state index contributed by atoms with van der Waals surface area (Å²) >= 11 is 1.66. The average Bonchev–Trinajstić information content (AvgIpc) is 2.73. The molecule has 2 rings (SSSR count). The van der Waals surface area contributed by atoms with E-state index in [9.17, 15) is 5.11 Å². The Morgan fingerprint density at radius 2 is 2.29 bits per heavy atom. The van der Waals surface area contributed by atoms with E-state index in [0.29, 0.717) is 0 Å². The number of hydrogen-bond donors (Lipinski definition) is 2. The van der Waals surface area contributed by atoms with Gasteiger partial charge in [0.15, 0.2) is 0 Å². The molecule has 17 heavy (non-hydrogen) atoms. The molecule has 0 aliphatic rings. The van der Waals surface area contributed by atoms with Gasteiger partial charge in [0.1, 0.15) is 0 Å². The van der Waals surface area contributed by atoms with Crippen molar-refractivity contribution in [2.75, 3.05) is 18.6 Å². The maximum absolute atomic E-state index is 9.34. The minimum Gasteiger partial charge on any atom is -0.399 e. The lowest BCUT2D eigenvalue weighted by atomic mass is 10.2. The Bertz CT molecular complexity index is 507. The molecule has 1 heterocycles. The van der Waals surface area contributed by atoms with Gasteiger partial charge in [0, 0.05) is 17.0 Å². The van der Waals surface area contributed by atoms with Crippen molar-refractivity contribution in [3.8, 4) is 0 Å². The van der Waals surface area contributed by atoms with Crippen molar-refractivity contribution < 1.29 is 5.11 Å². The lowest BCUT2D eigenvalue weighted by Crippen LogP contribution is -2.21. The smallest absolute Gasteiger partial charge is 0.0961 e. The van der Waals surface area contributed by atoms with Gasteiger partial charge in [0.2, 0.25) is 0 Å². The largest absolute Gasteiger partial charge is 0.399 e. The Morgan fingerprint density at radius 1 is 1.53 bits per heavy atom. The fourth-order valence-electron chi connectivity index (χ4n) is 1.98. The highest BCUT2D eigenvalue weighted by atomic mass is 32.2. The summed E-state index contributed by atoms with van der Waals surface area (Å²) < 4.78 is 2.09. The van der Waals surface area contributed by atoms with Gasteiger partial charge in [-0.05, 0) is 31.4 Å². The number of nitrogens with zero attached hydrogens (tertiary/aromatic N) is 2. The van der Waals surface area contributed by atoms with Crippen LogP contribution in [0.15, 0.2) is 24.5 Å². The Morgan fingerprint density at radius 3 is 2.94 bits per heavy atom. The Balaban J connectivity index is 2.42. The van der Waals surface area contributed by atoms with Crippen LogP contribution in [-0.4, -0.2) is 32.8 Å². The van der Waals surface area contributed by atoms with Crippen molar-refractivity contribution >= 4 is 28.5 Å². The number of benzene rings is 1. The number of anilines is 1. The highest BCUT2D eigenvalue weighted by molar-refractivity contribution is 7.99. The average molecular weight is 251 g/mol. The molecule has 2 atom stereocenters. The quantitative estimate of drug-likeness (QED) is 0.815. The maximum atomic E-state index is 9.34. The normalized spacial score (nSPS) is 15.0. The van der Waals surface area contributed by atoms with Gasteiger partial charge < -0.3 is 15.4 Å². The van der Waals surface area contributed by atoms with Crippen molar-refractivity contribution in [1.82, 2.24) is 9.55 Å². The first-order valence-corrected chi connectivity index (χ1v) is 6.82.